The molecule has 1 aliphatic rings. The van der Waals surface area contributed by atoms with Gasteiger partial charge in [0.2, 0.25) is 0 Å². The molecule has 0 radical (unpaired) electrons. The Morgan fingerprint density at radius 3 is 2.91 bits per heavy atom. The summed E-state index contributed by atoms with van der Waals surface area (Å²) in [6.07, 6.45) is 3.53. The molecule has 122 valence electrons. The van der Waals surface area contributed by atoms with Crippen molar-refractivity contribution in [2.45, 2.75) is 32.3 Å². The van der Waals surface area contributed by atoms with Crippen LogP contribution in [0.2, 0.25) is 0 Å². The highest BCUT2D eigenvalue weighted by Crippen LogP contribution is 2.20. The van der Waals surface area contributed by atoms with Crippen molar-refractivity contribution in [2.75, 3.05) is 25.1 Å². The average Bonchev–Trinajstić information content (AvgIpc) is 3.09. The number of anilines is 1. The highest BCUT2D eigenvalue weighted by Gasteiger charge is 2.15. The van der Waals surface area contributed by atoms with Crippen LogP contribution in [-0.2, 0) is 11.2 Å². The first-order chi connectivity index (χ1) is 11.3. The monoisotopic (exact) mass is 311 g/mol. The molecule has 3 heteroatoms. The summed E-state index contributed by atoms with van der Waals surface area (Å²) in [5.74, 6) is 0.904. The summed E-state index contributed by atoms with van der Waals surface area (Å²) in [7, 11) is 0. The van der Waals surface area contributed by atoms with Crippen LogP contribution in [-0.4, -0.2) is 25.9 Å². The fourth-order valence-electron chi connectivity index (χ4n) is 2.89. The van der Waals surface area contributed by atoms with Gasteiger partial charge in [-0.15, -0.1) is 0 Å². The molecule has 2 aromatic carbocycles. The standard InChI is InChI=1S/C20H25NO2/c1-16-6-2-3-7-17(16)11-12-21-18-8-4-9-19(14-18)23-15-20-10-5-13-22-20/h2-4,6-9,14,20-21H,5,10-13,15H2,1H3. The smallest absolute Gasteiger partial charge is 0.121 e. The van der Waals surface area contributed by atoms with Crippen LogP contribution < -0.4 is 10.1 Å². The van der Waals surface area contributed by atoms with Gasteiger partial charge in [-0.3, -0.25) is 0 Å². The lowest BCUT2D eigenvalue weighted by atomic mass is 10.1. The summed E-state index contributed by atoms with van der Waals surface area (Å²) in [5.41, 5.74) is 3.84. The average molecular weight is 311 g/mol. The predicted molar refractivity (Wildman–Crippen MR) is 94.3 cm³/mol. The van der Waals surface area contributed by atoms with Crippen molar-refractivity contribution in [1.29, 1.82) is 0 Å². The van der Waals surface area contributed by atoms with Crippen LogP contribution in [0.4, 0.5) is 5.69 Å². The summed E-state index contributed by atoms with van der Waals surface area (Å²) in [6, 6.07) is 16.7. The molecule has 1 atom stereocenters. The van der Waals surface area contributed by atoms with Gasteiger partial charge in [0, 0.05) is 24.9 Å². The number of aryl methyl sites for hydroxylation is 1. The van der Waals surface area contributed by atoms with Crippen LogP contribution in [0.1, 0.15) is 24.0 Å². The summed E-state index contributed by atoms with van der Waals surface area (Å²) in [5, 5.41) is 3.48. The Balaban J connectivity index is 1.48. The first-order valence-corrected chi connectivity index (χ1v) is 8.44. The van der Waals surface area contributed by atoms with E-state index in [4.69, 9.17) is 9.47 Å². The number of hydrogen-bond donors (Lipinski definition) is 1. The van der Waals surface area contributed by atoms with E-state index in [0.717, 1.165) is 43.9 Å². The van der Waals surface area contributed by atoms with Gasteiger partial charge in [-0.25, -0.2) is 0 Å². The van der Waals surface area contributed by atoms with Gasteiger partial charge >= 0.3 is 0 Å². The molecule has 1 fully saturated rings. The Labute approximate surface area is 138 Å². The van der Waals surface area contributed by atoms with Crippen LogP contribution in [0.15, 0.2) is 48.5 Å². The minimum Gasteiger partial charge on any atom is -0.491 e. The topological polar surface area (TPSA) is 30.5 Å². The van der Waals surface area contributed by atoms with E-state index < -0.39 is 0 Å². The molecule has 1 aliphatic heterocycles. The van der Waals surface area contributed by atoms with Crippen molar-refractivity contribution < 1.29 is 9.47 Å². The molecule has 1 saturated heterocycles. The van der Waals surface area contributed by atoms with E-state index >= 15 is 0 Å². The summed E-state index contributed by atoms with van der Waals surface area (Å²) >= 11 is 0. The molecule has 0 amide bonds. The van der Waals surface area contributed by atoms with Gasteiger partial charge in [-0.2, -0.15) is 0 Å². The first-order valence-electron chi connectivity index (χ1n) is 8.44. The lowest BCUT2D eigenvalue weighted by Crippen LogP contribution is -2.16. The van der Waals surface area contributed by atoms with E-state index in [1.54, 1.807) is 0 Å². The van der Waals surface area contributed by atoms with Crippen molar-refractivity contribution in [1.82, 2.24) is 0 Å². The van der Waals surface area contributed by atoms with Crippen LogP contribution in [0.25, 0.3) is 0 Å². The molecule has 0 saturated carbocycles. The van der Waals surface area contributed by atoms with Gasteiger partial charge in [0.15, 0.2) is 0 Å². The summed E-state index contributed by atoms with van der Waals surface area (Å²) in [6.45, 7) is 4.59. The molecule has 3 rings (SSSR count). The molecule has 23 heavy (non-hydrogen) atoms. The van der Waals surface area contributed by atoms with Crippen molar-refractivity contribution in [3.63, 3.8) is 0 Å². The van der Waals surface area contributed by atoms with Gasteiger partial charge in [-0.1, -0.05) is 30.3 Å². The SMILES string of the molecule is Cc1ccccc1CCNc1cccc(OCC2CCCO2)c1. The maximum Gasteiger partial charge on any atom is 0.121 e. The van der Waals surface area contributed by atoms with Crippen LogP contribution in [0.5, 0.6) is 5.75 Å². The second-order valence-electron chi connectivity index (χ2n) is 6.08. The Bertz CT molecular complexity index is 621. The van der Waals surface area contributed by atoms with Crippen molar-refractivity contribution in [3.8, 4) is 5.75 Å². The molecule has 1 unspecified atom stereocenters. The number of rotatable bonds is 7. The Morgan fingerprint density at radius 1 is 1.17 bits per heavy atom. The molecule has 0 bridgehead atoms. The molecule has 1 heterocycles. The quantitative estimate of drug-likeness (QED) is 0.831. The minimum absolute atomic E-state index is 0.257. The van der Waals surface area contributed by atoms with Crippen molar-refractivity contribution in [3.05, 3.63) is 59.7 Å². The van der Waals surface area contributed by atoms with Gasteiger partial charge in [0.25, 0.3) is 0 Å². The van der Waals surface area contributed by atoms with Crippen molar-refractivity contribution in [2.24, 2.45) is 0 Å². The maximum atomic E-state index is 5.85. The Hall–Kier alpha value is -2.00. The highest BCUT2D eigenvalue weighted by molar-refractivity contribution is 5.48. The molecular formula is C20H25NO2. The predicted octanol–water partition coefficient (Wildman–Crippen LogP) is 4.21. The van der Waals surface area contributed by atoms with Gasteiger partial charge in [0.1, 0.15) is 12.4 Å². The number of nitrogens with one attached hydrogen (secondary N) is 1. The number of benzene rings is 2. The fourth-order valence-corrected chi connectivity index (χ4v) is 2.89. The highest BCUT2D eigenvalue weighted by atomic mass is 16.5. The lowest BCUT2D eigenvalue weighted by molar-refractivity contribution is 0.0680. The molecule has 3 nitrogen and oxygen atoms in total. The van der Waals surface area contributed by atoms with Crippen LogP contribution in [0, 0.1) is 6.92 Å². The third-order valence-corrected chi connectivity index (χ3v) is 4.28. The second kappa shape index (κ2) is 8.02. The molecule has 1 N–H and O–H groups in total. The van der Waals surface area contributed by atoms with Crippen LogP contribution in [0.3, 0.4) is 0 Å². The third kappa shape index (κ3) is 4.73. The van der Waals surface area contributed by atoms with E-state index in [2.05, 4.69) is 48.6 Å². The van der Waals surface area contributed by atoms with E-state index in [-0.39, 0.29) is 6.10 Å². The zero-order chi connectivity index (χ0) is 15.9. The van der Waals surface area contributed by atoms with E-state index in [0.29, 0.717) is 6.61 Å². The minimum atomic E-state index is 0.257. The zero-order valence-corrected chi connectivity index (χ0v) is 13.8. The molecule has 0 aliphatic carbocycles. The van der Waals surface area contributed by atoms with Crippen LogP contribution >= 0.6 is 0 Å². The first kappa shape index (κ1) is 15.9. The Kier molecular flexibility index (Phi) is 5.54. The molecular weight excluding hydrogens is 286 g/mol. The van der Waals surface area contributed by atoms with E-state index in [1.807, 2.05) is 12.1 Å². The van der Waals surface area contributed by atoms with Gasteiger partial charge in [0.05, 0.1) is 6.10 Å². The normalized spacial score (nSPS) is 17.2. The summed E-state index contributed by atoms with van der Waals surface area (Å²) in [4.78, 5) is 0. The third-order valence-electron chi connectivity index (χ3n) is 4.28. The van der Waals surface area contributed by atoms with E-state index in [9.17, 15) is 0 Å². The van der Waals surface area contributed by atoms with Gasteiger partial charge < -0.3 is 14.8 Å². The van der Waals surface area contributed by atoms with Gasteiger partial charge in [-0.05, 0) is 49.4 Å². The number of ether oxygens (including phenoxy) is 2. The second-order valence-corrected chi connectivity index (χ2v) is 6.08. The molecule has 0 spiro atoms. The molecule has 0 aromatic heterocycles. The Morgan fingerprint density at radius 2 is 2.09 bits per heavy atom. The fraction of sp³-hybridized carbons (Fsp3) is 0.400. The lowest BCUT2D eigenvalue weighted by Gasteiger charge is -2.13. The van der Waals surface area contributed by atoms with E-state index in [1.165, 1.54) is 11.1 Å². The number of hydrogen-bond acceptors (Lipinski definition) is 3. The van der Waals surface area contributed by atoms with Crippen molar-refractivity contribution >= 4 is 5.69 Å². The largest absolute Gasteiger partial charge is 0.491 e. The maximum absolute atomic E-state index is 5.85. The summed E-state index contributed by atoms with van der Waals surface area (Å²) < 4.78 is 11.4. The molecule has 2 aromatic rings. The zero-order valence-electron chi connectivity index (χ0n) is 13.8.